The Morgan fingerprint density at radius 1 is 1.08 bits per heavy atom. The van der Waals surface area contributed by atoms with Crippen molar-refractivity contribution in [3.8, 4) is 0 Å². The van der Waals surface area contributed by atoms with Gasteiger partial charge in [-0.05, 0) is 30.7 Å². The fraction of sp³-hybridized carbons (Fsp3) is 0.250. The van der Waals surface area contributed by atoms with Crippen molar-refractivity contribution in [3.05, 3.63) is 48.5 Å². The second-order valence-electron chi connectivity index (χ2n) is 6.03. The van der Waals surface area contributed by atoms with E-state index >= 15 is 0 Å². The number of benzene rings is 2. The first-order chi connectivity index (χ1) is 12.8. The zero-order valence-electron chi connectivity index (χ0n) is 14.5. The molecule has 0 aliphatic rings. The molecule has 26 heavy (non-hydrogen) atoms. The summed E-state index contributed by atoms with van der Waals surface area (Å²) in [6.07, 6.45) is 1.90. The highest BCUT2D eigenvalue weighted by molar-refractivity contribution is 7.99. The number of fused-ring (bicyclic) bond motifs is 5. The number of para-hydroxylation sites is 3. The molecular formula is C20H19N3O2S. The topological polar surface area (TPSA) is 56.5 Å². The Morgan fingerprint density at radius 3 is 2.69 bits per heavy atom. The van der Waals surface area contributed by atoms with Crippen LogP contribution in [-0.4, -0.2) is 32.7 Å². The number of esters is 1. The summed E-state index contributed by atoms with van der Waals surface area (Å²) in [5, 5.41) is 1.75. The maximum absolute atomic E-state index is 12.0. The Morgan fingerprint density at radius 2 is 1.85 bits per heavy atom. The fourth-order valence-corrected chi connectivity index (χ4v) is 3.71. The van der Waals surface area contributed by atoms with Crippen LogP contribution in [0.5, 0.6) is 0 Å². The highest BCUT2D eigenvalue weighted by Gasteiger charge is 2.15. The molecule has 2 aromatic heterocycles. The van der Waals surface area contributed by atoms with Crippen LogP contribution in [0, 0.1) is 0 Å². The lowest BCUT2D eigenvalue weighted by atomic mass is 10.2. The van der Waals surface area contributed by atoms with Crippen molar-refractivity contribution in [3.63, 3.8) is 0 Å². The number of thioether (sulfide) groups is 1. The monoisotopic (exact) mass is 365 g/mol. The molecule has 0 fully saturated rings. The molecule has 5 nitrogen and oxygen atoms in total. The Kier molecular flexibility index (Phi) is 4.75. The standard InChI is InChI=1S/C20H19N3O2S/c1-2-3-12-25-18(24)13-26-20-22-15-9-5-4-8-14(15)19-21-16-10-6-7-11-17(16)23(19)20/h4-11H,2-3,12-13H2,1H3. The van der Waals surface area contributed by atoms with E-state index in [-0.39, 0.29) is 11.7 Å². The van der Waals surface area contributed by atoms with Crippen LogP contribution in [0.2, 0.25) is 0 Å². The van der Waals surface area contributed by atoms with Crippen LogP contribution >= 0.6 is 11.8 Å². The number of carbonyl (C=O) groups excluding carboxylic acids is 1. The predicted molar refractivity (Wildman–Crippen MR) is 105 cm³/mol. The number of aromatic nitrogens is 3. The van der Waals surface area contributed by atoms with E-state index in [0.29, 0.717) is 6.61 Å². The normalized spacial score (nSPS) is 11.4. The number of nitrogens with zero attached hydrogens (tertiary/aromatic N) is 3. The van der Waals surface area contributed by atoms with Crippen LogP contribution < -0.4 is 0 Å². The lowest BCUT2D eigenvalue weighted by Gasteiger charge is -2.08. The minimum Gasteiger partial charge on any atom is -0.465 e. The smallest absolute Gasteiger partial charge is 0.316 e. The van der Waals surface area contributed by atoms with E-state index in [4.69, 9.17) is 14.7 Å². The van der Waals surface area contributed by atoms with Crippen LogP contribution in [0.4, 0.5) is 0 Å². The molecule has 0 atom stereocenters. The zero-order chi connectivity index (χ0) is 17.9. The molecule has 0 spiro atoms. The molecule has 0 aliphatic heterocycles. The molecule has 4 rings (SSSR count). The Balaban J connectivity index is 1.76. The molecule has 0 amide bonds. The summed E-state index contributed by atoms with van der Waals surface area (Å²) in [4.78, 5) is 21.6. The lowest BCUT2D eigenvalue weighted by Crippen LogP contribution is -2.09. The molecule has 2 heterocycles. The molecule has 132 valence electrons. The molecule has 0 aliphatic carbocycles. The largest absolute Gasteiger partial charge is 0.465 e. The number of hydrogen-bond donors (Lipinski definition) is 0. The van der Waals surface area contributed by atoms with E-state index in [1.165, 1.54) is 11.8 Å². The van der Waals surface area contributed by atoms with Crippen LogP contribution in [-0.2, 0) is 9.53 Å². The third kappa shape index (κ3) is 3.12. The Labute approximate surface area is 155 Å². The SMILES string of the molecule is CCCCOC(=O)CSc1nc2ccccc2c2nc3ccccc3n12. The van der Waals surface area contributed by atoms with Crippen LogP contribution in [0.25, 0.3) is 27.6 Å². The van der Waals surface area contributed by atoms with Gasteiger partial charge < -0.3 is 4.74 Å². The van der Waals surface area contributed by atoms with Gasteiger partial charge in [-0.3, -0.25) is 9.20 Å². The third-order valence-corrected chi connectivity index (χ3v) is 5.11. The van der Waals surface area contributed by atoms with Crippen molar-refractivity contribution in [2.75, 3.05) is 12.4 Å². The maximum Gasteiger partial charge on any atom is 0.316 e. The molecule has 0 N–H and O–H groups in total. The summed E-state index contributed by atoms with van der Waals surface area (Å²) in [6.45, 7) is 2.55. The van der Waals surface area contributed by atoms with Gasteiger partial charge in [-0.15, -0.1) is 0 Å². The highest BCUT2D eigenvalue weighted by Crippen LogP contribution is 2.28. The molecular weight excluding hydrogens is 346 g/mol. The van der Waals surface area contributed by atoms with E-state index in [1.807, 2.05) is 52.9 Å². The number of imidazole rings is 1. The summed E-state index contributed by atoms with van der Waals surface area (Å²) in [5.74, 6) is 0.0207. The number of ether oxygens (including phenoxy) is 1. The van der Waals surface area contributed by atoms with Gasteiger partial charge in [-0.2, -0.15) is 0 Å². The molecule has 0 unspecified atom stereocenters. The van der Waals surface area contributed by atoms with Crippen LogP contribution in [0.15, 0.2) is 53.7 Å². The quantitative estimate of drug-likeness (QED) is 0.218. The maximum atomic E-state index is 12.0. The summed E-state index contributed by atoms with van der Waals surface area (Å²) in [5.41, 5.74) is 3.64. The van der Waals surface area contributed by atoms with E-state index in [9.17, 15) is 4.79 Å². The van der Waals surface area contributed by atoms with Crippen molar-refractivity contribution < 1.29 is 9.53 Å². The van der Waals surface area contributed by atoms with Gasteiger partial charge in [0.25, 0.3) is 0 Å². The summed E-state index contributed by atoms with van der Waals surface area (Å²) >= 11 is 1.39. The Bertz CT molecular complexity index is 1090. The fourth-order valence-electron chi connectivity index (χ4n) is 2.91. The molecule has 2 aromatic carbocycles. The minimum absolute atomic E-state index is 0.212. The Hall–Kier alpha value is -2.60. The number of rotatable bonds is 6. The summed E-state index contributed by atoms with van der Waals surface area (Å²) in [7, 11) is 0. The van der Waals surface area contributed by atoms with Gasteiger partial charge in [0.2, 0.25) is 0 Å². The highest BCUT2D eigenvalue weighted by atomic mass is 32.2. The molecule has 0 radical (unpaired) electrons. The van der Waals surface area contributed by atoms with E-state index in [0.717, 1.165) is 45.6 Å². The van der Waals surface area contributed by atoms with Gasteiger partial charge in [-0.25, -0.2) is 9.97 Å². The van der Waals surface area contributed by atoms with Crippen LogP contribution in [0.1, 0.15) is 19.8 Å². The van der Waals surface area contributed by atoms with Crippen molar-refractivity contribution in [1.29, 1.82) is 0 Å². The van der Waals surface area contributed by atoms with Gasteiger partial charge in [0, 0.05) is 5.39 Å². The molecule has 0 saturated heterocycles. The third-order valence-electron chi connectivity index (χ3n) is 4.19. The zero-order valence-corrected chi connectivity index (χ0v) is 15.3. The van der Waals surface area contributed by atoms with E-state index < -0.39 is 0 Å². The minimum atomic E-state index is -0.212. The number of carbonyl (C=O) groups is 1. The molecule has 0 saturated carbocycles. The van der Waals surface area contributed by atoms with E-state index in [2.05, 4.69) is 6.92 Å². The van der Waals surface area contributed by atoms with Gasteiger partial charge >= 0.3 is 5.97 Å². The van der Waals surface area contributed by atoms with Gasteiger partial charge in [0.1, 0.15) is 5.65 Å². The average molecular weight is 365 g/mol. The van der Waals surface area contributed by atoms with Crippen LogP contribution in [0.3, 0.4) is 0 Å². The van der Waals surface area contributed by atoms with Crippen molar-refractivity contribution in [1.82, 2.24) is 14.4 Å². The number of hydrogen-bond acceptors (Lipinski definition) is 5. The first kappa shape index (κ1) is 16.8. The predicted octanol–water partition coefficient (Wildman–Crippen LogP) is 4.47. The van der Waals surface area contributed by atoms with Crippen molar-refractivity contribution in [2.45, 2.75) is 24.9 Å². The number of unbranched alkanes of at least 4 members (excludes halogenated alkanes) is 1. The second kappa shape index (κ2) is 7.33. The van der Waals surface area contributed by atoms with E-state index in [1.54, 1.807) is 0 Å². The molecule has 0 bridgehead atoms. The summed E-state index contributed by atoms with van der Waals surface area (Å²) in [6, 6.07) is 15.9. The average Bonchev–Trinajstić information content (AvgIpc) is 3.06. The first-order valence-electron chi connectivity index (χ1n) is 8.72. The van der Waals surface area contributed by atoms with Gasteiger partial charge in [-0.1, -0.05) is 49.4 Å². The van der Waals surface area contributed by atoms with Crippen molar-refractivity contribution in [2.24, 2.45) is 0 Å². The summed E-state index contributed by atoms with van der Waals surface area (Å²) < 4.78 is 7.29. The van der Waals surface area contributed by atoms with Crippen molar-refractivity contribution >= 4 is 45.3 Å². The molecule has 4 aromatic rings. The second-order valence-corrected chi connectivity index (χ2v) is 6.98. The molecule has 6 heteroatoms. The van der Waals surface area contributed by atoms with Gasteiger partial charge in [0.15, 0.2) is 5.16 Å². The first-order valence-corrected chi connectivity index (χ1v) is 9.71. The van der Waals surface area contributed by atoms with Gasteiger partial charge in [0.05, 0.1) is 28.9 Å². The lowest BCUT2D eigenvalue weighted by molar-refractivity contribution is -0.140.